The fraction of sp³-hybridized carbons (Fsp3) is 0.235. The van der Waals surface area contributed by atoms with Crippen molar-refractivity contribution in [2.75, 3.05) is 11.9 Å². The number of hydrogen-bond acceptors (Lipinski definition) is 5. The second-order valence-corrected chi connectivity index (χ2v) is 7.29. The second-order valence-electron chi connectivity index (χ2n) is 5.87. The van der Waals surface area contributed by atoms with E-state index < -0.39 is 0 Å². The number of nitrogens with zero attached hydrogens (tertiary/aromatic N) is 2. The molecule has 26 heavy (non-hydrogen) atoms. The van der Waals surface area contributed by atoms with Gasteiger partial charge in [-0.2, -0.15) is 4.39 Å². The van der Waals surface area contributed by atoms with Crippen molar-refractivity contribution < 1.29 is 9.18 Å². The van der Waals surface area contributed by atoms with Gasteiger partial charge in [-0.15, -0.1) is 11.3 Å². The maximum Gasteiger partial charge on any atom is 0.239 e. The van der Waals surface area contributed by atoms with Crippen LogP contribution >= 0.6 is 22.9 Å². The number of amides is 1. The minimum atomic E-state index is -0.308. The van der Waals surface area contributed by atoms with Crippen LogP contribution in [-0.4, -0.2) is 33.4 Å². The maximum absolute atomic E-state index is 13.3. The Kier molecular flexibility index (Phi) is 5.65. The fourth-order valence-electron chi connectivity index (χ4n) is 2.23. The monoisotopic (exact) mass is 393 g/mol. The van der Waals surface area contributed by atoms with Crippen LogP contribution in [0.2, 0.25) is 5.15 Å². The molecule has 0 aliphatic rings. The lowest BCUT2D eigenvalue weighted by Crippen LogP contribution is -2.32. The Labute approximate surface area is 158 Å². The van der Waals surface area contributed by atoms with E-state index in [-0.39, 0.29) is 23.6 Å². The van der Waals surface area contributed by atoms with Crippen LogP contribution < -0.4 is 10.6 Å². The summed E-state index contributed by atoms with van der Waals surface area (Å²) in [6.45, 7) is 4.07. The van der Waals surface area contributed by atoms with Gasteiger partial charge in [0.1, 0.15) is 5.15 Å². The maximum atomic E-state index is 13.3. The normalized spacial score (nSPS) is 11.1. The Hall–Kier alpha value is -2.29. The highest BCUT2D eigenvalue weighted by Crippen LogP contribution is 2.32. The minimum absolute atomic E-state index is 0.159. The molecular formula is C17H17ClFN5OS. The molecule has 6 nitrogen and oxygen atoms in total. The number of halogens is 2. The average molecular weight is 394 g/mol. The van der Waals surface area contributed by atoms with Gasteiger partial charge in [-0.1, -0.05) is 25.4 Å². The first kappa shape index (κ1) is 18.5. The Morgan fingerprint density at radius 1 is 1.35 bits per heavy atom. The lowest BCUT2D eigenvalue weighted by atomic mass is 10.2. The van der Waals surface area contributed by atoms with E-state index in [1.807, 2.05) is 13.8 Å². The van der Waals surface area contributed by atoms with Crippen molar-refractivity contribution in [3.05, 3.63) is 40.7 Å². The summed E-state index contributed by atoms with van der Waals surface area (Å²) in [5.41, 5.74) is 1.29. The number of carbonyl (C=O) groups is 1. The average Bonchev–Trinajstić information content (AvgIpc) is 3.20. The highest BCUT2D eigenvalue weighted by Gasteiger charge is 2.17. The van der Waals surface area contributed by atoms with Crippen LogP contribution in [0.3, 0.4) is 0 Å². The summed E-state index contributed by atoms with van der Waals surface area (Å²) < 4.78 is 13.3. The SMILES string of the molecule is CC(C)NCC(=O)Nc1nc(-c2ccc(F)s2)[nH]c1-c1ccc(Cl)nc1. The van der Waals surface area contributed by atoms with Crippen molar-refractivity contribution in [3.63, 3.8) is 0 Å². The largest absolute Gasteiger partial charge is 0.335 e. The third-order valence-electron chi connectivity index (χ3n) is 3.46. The van der Waals surface area contributed by atoms with Gasteiger partial charge < -0.3 is 15.6 Å². The van der Waals surface area contributed by atoms with Crippen molar-refractivity contribution in [1.29, 1.82) is 0 Å². The highest BCUT2D eigenvalue weighted by molar-refractivity contribution is 7.13. The molecule has 0 saturated heterocycles. The molecule has 9 heteroatoms. The number of anilines is 1. The number of aromatic amines is 1. The molecule has 0 unspecified atom stereocenters. The van der Waals surface area contributed by atoms with E-state index in [0.717, 1.165) is 11.3 Å². The van der Waals surface area contributed by atoms with Crippen molar-refractivity contribution in [2.45, 2.75) is 19.9 Å². The van der Waals surface area contributed by atoms with Gasteiger partial charge in [0, 0.05) is 17.8 Å². The van der Waals surface area contributed by atoms with Crippen molar-refractivity contribution in [1.82, 2.24) is 20.3 Å². The van der Waals surface area contributed by atoms with Crippen LogP contribution in [0.4, 0.5) is 10.2 Å². The van der Waals surface area contributed by atoms with Gasteiger partial charge in [0.2, 0.25) is 5.91 Å². The molecule has 3 rings (SSSR count). The molecule has 0 spiro atoms. The van der Waals surface area contributed by atoms with Crippen molar-refractivity contribution >= 4 is 34.7 Å². The Balaban J connectivity index is 1.93. The molecule has 136 valence electrons. The molecule has 1 amide bonds. The standard InChI is InChI=1S/C17H17ClFN5OS/c1-9(2)20-8-14(25)22-17-15(10-3-5-12(18)21-7-10)23-16(24-17)11-4-6-13(19)26-11/h3-7,9,20H,8H2,1-2H3,(H,22,25)(H,23,24). The summed E-state index contributed by atoms with van der Waals surface area (Å²) in [6, 6.07) is 6.60. The Morgan fingerprint density at radius 2 is 2.15 bits per heavy atom. The highest BCUT2D eigenvalue weighted by atomic mass is 35.5. The molecule has 0 radical (unpaired) electrons. The molecule has 0 aliphatic carbocycles. The van der Waals surface area contributed by atoms with Crippen LogP contribution in [0.25, 0.3) is 22.0 Å². The van der Waals surface area contributed by atoms with E-state index in [9.17, 15) is 9.18 Å². The van der Waals surface area contributed by atoms with Crippen LogP contribution in [0.1, 0.15) is 13.8 Å². The zero-order valence-electron chi connectivity index (χ0n) is 14.1. The number of nitrogens with one attached hydrogen (secondary N) is 3. The molecule has 0 atom stereocenters. The topological polar surface area (TPSA) is 82.7 Å². The van der Waals surface area contributed by atoms with E-state index in [4.69, 9.17) is 11.6 Å². The number of carbonyl (C=O) groups excluding carboxylic acids is 1. The molecule has 0 aromatic carbocycles. The van der Waals surface area contributed by atoms with Gasteiger partial charge in [0.05, 0.1) is 17.1 Å². The van der Waals surface area contributed by atoms with Gasteiger partial charge >= 0.3 is 0 Å². The number of H-pyrrole nitrogens is 1. The third-order valence-corrected chi connectivity index (χ3v) is 4.56. The molecule has 3 N–H and O–H groups in total. The summed E-state index contributed by atoms with van der Waals surface area (Å²) in [4.78, 5) is 24.4. The number of imidazole rings is 1. The fourth-order valence-corrected chi connectivity index (χ4v) is 3.02. The first-order chi connectivity index (χ1) is 12.4. The van der Waals surface area contributed by atoms with Crippen molar-refractivity contribution in [3.8, 4) is 22.0 Å². The second kappa shape index (κ2) is 7.94. The first-order valence-electron chi connectivity index (χ1n) is 7.93. The van der Waals surface area contributed by atoms with E-state index >= 15 is 0 Å². The summed E-state index contributed by atoms with van der Waals surface area (Å²) >= 11 is 6.81. The van der Waals surface area contributed by atoms with E-state index in [0.29, 0.717) is 32.9 Å². The van der Waals surface area contributed by atoms with Crippen LogP contribution in [-0.2, 0) is 4.79 Å². The predicted octanol–water partition coefficient (Wildman–Crippen LogP) is 3.93. The number of pyridine rings is 1. The van der Waals surface area contributed by atoms with E-state index in [2.05, 4.69) is 25.6 Å². The van der Waals surface area contributed by atoms with Crippen molar-refractivity contribution in [2.24, 2.45) is 0 Å². The number of aromatic nitrogens is 3. The van der Waals surface area contributed by atoms with Gasteiger partial charge in [-0.3, -0.25) is 4.79 Å². The summed E-state index contributed by atoms with van der Waals surface area (Å²) in [5.74, 6) is 0.599. The third kappa shape index (κ3) is 4.46. The van der Waals surface area contributed by atoms with E-state index in [1.54, 1.807) is 24.4 Å². The molecule has 0 fully saturated rings. The van der Waals surface area contributed by atoms with E-state index in [1.165, 1.54) is 6.07 Å². The zero-order valence-corrected chi connectivity index (χ0v) is 15.7. The molecular weight excluding hydrogens is 377 g/mol. The summed E-state index contributed by atoms with van der Waals surface area (Å²) in [6.07, 6.45) is 1.58. The van der Waals surface area contributed by atoms with Crippen LogP contribution in [0.5, 0.6) is 0 Å². The molecule has 0 aliphatic heterocycles. The number of hydrogen-bond donors (Lipinski definition) is 3. The molecule has 3 aromatic heterocycles. The van der Waals surface area contributed by atoms with Gasteiger partial charge in [0.25, 0.3) is 0 Å². The molecule has 0 saturated carbocycles. The lowest BCUT2D eigenvalue weighted by molar-refractivity contribution is -0.115. The summed E-state index contributed by atoms with van der Waals surface area (Å²) in [5, 5.41) is 5.88. The lowest BCUT2D eigenvalue weighted by Gasteiger charge is -2.08. The number of rotatable bonds is 6. The smallest absolute Gasteiger partial charge is 0.239 e. The molecule has 3 heterocycles. The Bertz CT molecular complexity index is 906. The predicted molar refractivity (Wildman–Crippen MR) is 102 cm³/mol. The molecule has 3 aromatic rings. The van der Waals surface area contributed by atoms with Gasteiger partial charge in [0.15, 0.2) is 16.8 Å². The van der Waals surface area contributed by atoms with Crippen LogP contribution in [0.15, 0.2) is 30.5 Å². The zero-order chi connectivity index (χ0) is 18.7. The van der Waals surface area contributed by atoms with Crippen LogP contribution in [0, 0.1) is 5.13 Å². The molecule has 0 bridgehead atoms. The summed E-state index contributed by atoms with van der Waals surface area (Å²) in [7, 11) is 0. The van der Waals surface area contributed by atoms with Gasteiger partial charge in [-0.05, 0) is 24.3 Å². The minimum Gasteiger partial charge on any atom is -0.335 e. The quantitative estimate of drug-likeness (QED) is 0.554. The first-order valence-corrected chi connectivity index (χ1v) is 9.12. The number of thiophene rings is 1. The van der Waals surface area contributed by atoms with Gasteiger partial charge in [-0.25, -0.2) is 9.97 Å². The Morgan fingerprint density at radius 3 is 2.77 bits per heavy atom.